The Balaban J connectivity index is 0.00000312. The number of nitro benzene ring substituents is 1. The van der Waals surface area contributed by atoms with Gasteiger partial charge >= 0.3 is 11.9 Å². The quantitative estimate of drug-likeness (QED) is 0.536. The van der Waals surface area contributed by atoms with Crippen molar-refractivity contribution in [2.75, 3.05) is 0 Å². The van der Waals surface area contributed by atoms with Crippen LogP contribution in [0.4, 0.5) is 5.69 Å². The number of carbonyl (C=O) groups is 2. The standard InChI is InChI=1S/C16H16N2O6.H2O/c1-3-11-14(16(21)22)13(12(15(19)20)8(2)17-11)9-5-4-6-10(7-9)18(23)24;/h4-7,13,17H,3H2,1-2H3,(H,19,20)(H,21,22);1H2. The Morgan fingerprint density at radius 2 is 1.84 bits per heavy atom. The number of carboxylic acid groups (broad SMARTS) is 2. The zero-order valence-corrected chi connectivity index (χ0v) is 13.6. The lowest BCUT2D eigenvalue weighted by atomic mass is 9.80. The normalized spacial score (nSPS) is 16.8. The number of aliphatic carboxylic acids is 2. The fourth-order valence-electron chi connectivity index (χ4n) is 2.86. The molecule has 0 amide bonds. The van der Waals surface area contributed by atoms with Crippen molar-refractivity contribution < 1.29 is 30.2 Å². The van der Waals surface area contributed by atoms with Gasteiger partial charge in [-0.3, -0.25) is 10.1 Å². The van der Waals surface area contributed by atoms with Crippen molar-refractivity contribution in [3.8, 4) is 0 Å². The topological polar surface area (TPSA) is 161 Å². The van der Waals surface area contributed by atoms with Crippen molar-refractivity contribution >= 4 is 17.6 Å². The summed E-state index contributed by atoms with van der Waals surface area (Å²) in [6, 6.07) is 5.39. The lowest BCUT2D eigenvalue weighted by Gasteiger charge is -2.29. The Kier molecular flexibility index (Phi) is 6.02. The summed E-state index contributed by atoms with van der Waals surface area (Å²) in [7, 11) is 0. The highest BCUT2D eigenvalue weighted by molar-refractivity contribution is 5.98. The third kappa shape index (κ3) is 3.66. The van der Waals surface area contributed by atoms with Gasteiger partial charge in [0.05, 0.1) is 22.0 Å². The summed E-state index contributed by atoms with van der Waals surface area (Å²) in [5.74, 6) is -3.62. The predicted molar refractivity (Wildman–Crippen MR) is 87.9 cm³/mol. The summed E-state index contributed by atoms with van der Waals surface area (Å²) < 4.78 is 0. The minimum absolute atomic E-state index is 0. The number of dihydropyridines is 1. The average Bonchev–Trinajstić information content (AvgIpc) is 2.52. The fourth-order valence-corrected chi connectivity index (χ4v) is 2.86. The molecule has 5 N–H and O–H groups in total. The van der Waals surface area contributed by atoms with Crippen molar-refractivity contribution in [3.63, 3.8) is 0 Å². The van der Waals surface area contributed by atoms with E-state index in [4.69, 9.17) is 0 Å². The van der Waals surface area contributed by atoms with Gasteiger partial charge in [0.2, 0.25) is 0 Å². The number of nitro groups is 1. The van der Waals surface area contributed by atoms with E-state index < -0.39 is 22.8 Å². The fraction of sp³-hybridized carbons (Fsp3) is 0.250. The lowest BCUT2D eigenvalue weighted by Crippen LogP contribution is -2.31. The maximum absolute atomic E-state index is 11.8. The molecule has 0 spiro atoms. The molecule has 1 heterocycles. The smallest absolute Gasteiger partial charge is 0.334 e. The second-order valence-electron chi connectivity index (χ2n) is 5.30. The van der Waals surface area contributed by atoms with Gasteiger partial charge in [-0.15, -0.1) is 0 Å². The Morgan fingerprint density at radius 1 is 1.24 bits per heavy atom. The van der Waals surface area contributed by atoms with E-state index in [0.717, 1.165) is 0 Å². The van der Waals surface area contributed by atoms with Gasteiger partial charge in [-0.1, -0.05) is 19.1 Å². The lowest BCUT2D eigenvalue weighted by molar-refractivity contribution is -0.384. The minimum atomic E-state index is -1.27. The molecule has 1 aliphatic heterocycles. The number of carboxylic acids is 2. The van der Waals surface area contributed by atoms with Crippen LogP contribution in [0.2, 0.25) is 0 Å². The van der Waals surface area contributed by atoms with Gasteiger partial charge in [0.1, 0.15) is 0 Å². The van der Waals surface area contributed by atoms with E-state index in [1.165, 1.54) is 24.3 Å². The Labute approximate surface area is 142 Å². The average molecular weight is 350 g/mol. The third-order valence-corrected chi connectivity index (χ3v) is 3.87. The van der Waals surface area contributed by atoms with Crippen molar-refractivity contribution in [3.05, 3.63) is 62.5 Å². The van der Waals surface area contributed by atoms with Crippen LogP contribution >= 0.6 is 0 Å². The van der Waals surface area contributed by atoms with E-state index >= 15 is 0 Å². The highest BCUT2D eigenvalue weighted by atomic mass is 16.6. The van der Waals surface area contributed by atoms with Gasteiger partial charge in [-0.05, 0) is 18.9 Å². The molecule has 2 rings (SSSR count). The number of non-ortho nitro benzene ring substituents is 1. The second-order valence-corrected chi connectivity index (χ2v) is 5.30. The van der Waals surface area contributed by atoms with Crippen LogP contribution < -0.4 is 5.32 Å². The van der Waals surface area contributed by atoms with Crippen LogP contribution in [-0.2, 0) is 9.59 Å². The van der Waals surface area contributed by atoms with E-state index in [-0.39, 0.29) is 27.9 Å². The summed E-state index contributed by atoms with van der Waals surface area (Å²) in [6.45, 7) is 3.29. The van der Waals surface area contributed by atoms with E-state index in [0.29, 0.717) is 17.8 Å². The van der Waals surface area contributed by atoms with E-state index in [1.807, 2.05) is 0 Å². The van der Waals surface area contributed by atoms with Crippen molar-refractivity contribution in [2.45, 2.75) is 26.2 Å². The van der Waals surface area contributed by atoms with E-state index in [2.05, 4.69) is 5.32 Å². The van der Waals surface area contributed by atoms with Gasteiger partial charge in [-0.2, -0.15) is 0 Å². The molecule has 1 aromatic carbocycles. The first kappa shape index (κ1) is 19.8. The summed E-state index contributed by atoms with van der Waals surface area (Å²) in [5, 5.41) is 32.9. The third-order valence-electron chi connectivity index (χ3n) is 3.87. The predicted octanol–water partition coefficient (Wildman–Crippen LogP) is 1.56. The van der Waals surface area contributed by atoms with Crippen molar-refractivity contribution in [2.24, 2.45) is 0 Å². The SMILES string of the molecule is CCC1=C(C(=O)O)C(c2cccc([N+](=O)[O-])c2)C(C(=O)O)=C(C)N1.O. The maximum Gasteiger partial charge on any atom is 0.334 e. The molecular formula is C16H18N2O7. The van der Waals surface area contributed by atoms with Gasteiger partial charge in [0, 0.05) is 23.5 Å². The van der Waals surface area contributed by atoms with Gasteiger partial charge in [0.25, 0.3) is 5.69 Å². The number of nitrogens with one attached hydrogen (secondary N) is 1. The van der Waals surface area contributed by atoms with Crippen molar-refractivity contribution in [1.29, 1.82) is 0 Å². The second kappa shape index (κ2) is 7.58. The van der Waals surface area contributed by atoms with Crippen molar-refractivity contribution in [1.82, 2.24) is 5.32 Å². The van der Waals surface area contributed by atoms with Crippen LogP contribution in [0.5, 0.6) is 0 Å². The molecule has 0 aliphatic carbocycles. The molecule has 0 radical (unpaired) electrons. The highest BCUT2D eigenvalue weighted by Crippen LogP contribution is 2.39. The first-order valence-corrected chi connectivity index (χ1v) is 7.19. The molecule has 1 atom stereocenters. The van der Waals surface area contributed by atoms with Crippen LogP contribution in [0, 0.1) is 10.1 Å². The highest BCUT2D eigenvalue weighted by Gasteiger charge is 2.37. The molecule has 9 nitrogen and oxygen atoms in total. The number of nitrogens with zero attached hydrogens (tertiary/aromatic N) is 1. The number of hydrogen-bond donors (Lipinski definition) is 3. The number of rotatable bonds is 5. The van der Waals surface area contributed by atoms with Gasteiger partial charge in [-0.25, -0.2) is 9.59 Å². The van der Waals surface area contributed by atoms with Gasteiger partial charge in [0.15, 0.2) is 0 Å². The summed E-state index contributed by atoms with van der Waals surface area (Å²) >= 11 is 0. The molecule has 134 valence electrons. The van der Waals surface area contributed by atoms with Gasteiger partial charge < -0.3 is 21.0 Å². The Bertz CT molecular complexity index is 795. The Morgan fingerprint density at radius 3 is 2.32 bits per heavy atom. The molecule has 9 heteroatoms. The molecular weight excluding hydrogens is 332 g/mol. The summed E-state index contributed by atoms with van der Waals surface area (Å²) in [6.07, 6.45) is 0.358. The molecule has 1 aromatic rings. The molecule has 1 unspecified atom stereocenters. The van der Waals surface area contributed by atoms with Crippen LogP contribution in [0.1, 0.15) is 31.7 Å². The summed E-state index contributed by atoms with van der Waals surface area (Å²) in [4.78, 5) is 33.8. The number of allylic oxidation sites excluding steroid dienone is 2. The van der Waals surface area contributed by atoms with E-state index in [9.17, 15) is 29.9 Å². The Hall–Kier alpha value is -3.20. The van der Waals surface area contributed by atoms with Crippen LogP contribution in [0.3, 0.4) is 0 Å². The largest absolute Gasteiger partial charge is 0.478 e. The molecule has 0 bridgehead atoms. The number of hydrogen-bond acceptors (Lipinski definition) is 5. The summed E-state index contributed by atoms with van der Waals surface area (Å²) in [5.41, 5.74) is 0.496. The molecule has 0 aromatic heterocycles. The van der Waals surface area contributed by atoms with Crippen LogP contribution in [-0.4, -0.2) is 32.6 Å². The monoisotopic (exact) mass is 350 g/mol. The first-order valence-electron chi connectivity index (χ1n) is 7.19. The molecule has 0 fully saturated rings. The zero-order chi connectivity index (χ0) is 18.0. The molecule has 0 saturated heterocycles. The van der Waals surface area contributed by atoms with E-state index in [1.54, 1.807) is 13.8 Å². The zero-order valence-electron chi connectivity index (χ0n) is 13.6. The number of benzene rings is 1. The van der Waals surface area contributed by atoms with Crippen LogP contribution in [0.15, 0.2) is 46.8 Å². The minimum Gasteiger partial charge on any atom is -0.478 e. The van der Waals surface area contributed by atoms with Crippen LogP contribution in [0.25, 0.3) is 0 Å². The molecule has 1 aliphatic rings. The maximum atomic E-state index is 11.8. The first-order chi connectivity index (χ1) is 11.3. The molecule has 25 heavy (non-hydrogen) atoms. The molecule has 0 saturated carbocycles.